The minimum Gasteiger partial charge on any atom is -0.380 e. The van der Waals surface area contributed by atoms with Gasteiger partial charge in [-0.2, -0.15) is 5.10 Å². The molecule has 1 spiro atoms. The Hall–Kier alpha value is -1.11. The van der Waals surface area contributed by atoms with Crippen LogP contribution in [0.1, 0.15) is 32.6 Å². The van der Waals surface area contributed by atoms with Crippen molar-refractivity contribution >= 4 is 17.3 Å². The molecule has 22 heavy (non-hydrogen) atoms. The van der Waals surface area contributed by atoms with Crippen LogP contribution in [0.4, 0.5) is 5.69 Å². The second-order valence-corrected chi connectivity index (χ2v) is 6.70. The van der Waals surface area contributed by atoms with Gasteiger partial charge in [-0.05, 0) is 18.8 Å². The number of nitrogens with one attached hydrogen (secondary N) is 1. The molecule has 1 saturated carbocycles. The van der Waals surface area contributed by atoms with E-state index in [0.29, 0.717) is 18.8 Å². The molecule has 2 fully saturated rings. The number of nitrogens with zero attached hydrogens (tertiary/aromatic N) is 2. The molecule has 3 rings (SSSR count). The standard InChI is InChI=1S/C15H22ClN3O3/c1-10-3-5-15(6-4-10)21-9-11(22-15)7-17-12-8-18-19(2)14(20)13(12)16/h8,10-11,17H,3-7,9H2,1-2H3/t10?,11-,15?/m1/s1. The van der Waals surface area contributed by atoms with Crippen molar-refractivity contribution in [1.29, 1.82) is 0 Å². The number of rotatable bonds is 3. The predicted molar refractivity (Wildman–Crippen MR) is 84.2 cm³/mol. The number of hydrogen-bond acceptors (Lipinski definition) is 5. The lowest BCUT2D eigenvalue weighted by molar-refractivity contribution is -0.190. The highest BCUT2D eigenvalue weighted by Gasteiger charge is 2.43. The van der Waals surface area contributed by atoms with Crippen molar-refractivity contribution in [2.24, 2.45) is 13.0 Å². The molecule has 7 heteroatoms. The van der Waals surface area contributed by atoms with Crippen LogP contribution in [-0.4, -0.2) is 34.8 Å². The molecule has 1 aromatic heterocycles. The van der Waals surface area contributed by atoms with Crippen LogP contribution >= 0.6 is 11.6 Å². The average Bonchev–Trinajstić information content (AvgIpc) is 2.91. The van der Waals surface area contributed by atoms with E-state index >= 15 is 0 Å². The molecule has 0 unspecified atom stereocenters. The van der Waals surface area contributed by atoms with Crippen LogP contribution in [0.5, 0.6) is 0 Å². The third-order valence-electron chi connectivity index (χ3n) is 4.55. The minimum atomic E-state index is -0.395. The molecule has 0 amide bonds. The molecule has 2 heterocycles. The Balaban J connectivity index is 1.57. The first kappa shape index (κ1) is 15.8. The van der Waals surface area contributed by atoms with Gasteiger partial charge in [0.2, 0.25) is 0 Å². The number of anilines is 1. The lowest BCUT2D eigenvalue weighted by Gasteiger charge is -2.34. The smallest absolute Gasteiger partial charge is 0.287 e. The lowest BCUT2D eigenvalue weighted by Crippen LogP contribution is -2.36. The molecule has 1 aliphatic carbocycles. The molecule has 1 N–H and O–H groups in total. The SMILES string of the molecule is CC1CCC2(CC1)OC[C@@H](CNc1cnn(C)c(=O)c1Cl)O2. The van der Waals surface area contributed by atoms with E-state index < -0.39 is 5.79 Å². The Morgan fingerprint density at radius 3 is 2.95 bits per heavy atom. The molecule has 1 saturated heterocycles. The van der Waals surface area contributed by atoms with E-state index in [1.807, 2.05) is 0 Å². The summed E-state index contributed by atoms with van der Waals surface area (Å²) in [6, 6.07) is 0. The van der Waals surface area contributed by atoms with Crippen molar-refractivity contribution in [2.75, 3.05) is 18.5 Å². The maximum atomic E-state index is 11.7. The third kappa shape index (κ3) is 3.14. The van der Waals surface area contributed by atoms with Gasteiger partial charge in [-0.15, -0.1) is 0 Å². The quantitative estimate of drug-likeness (QED) is 0.921. The number of aromatic nitrogens is 2. The molecule has 1 aromatic rings. The van der Waals surface area contributed by atoms with Gasteiger partial charge in [0.15, 0.2) is 5.79 Å². The largest absolute Gasteiger partial charge is 0.380 e. The van der Waals surface area contributed by atoms with Gasteiger partial charge < -0.3 is 14.8 Å². The van der Waals surface area contributed by atoms with Crippen molar-refractivity contribution < 1.29 is 9.47 Å². The van der Waals surface area contributed by atoms with Crippen LogP contribution in [0.15, 0.2) is 11.0 Å². The second kappa shape index (κ2) is 6.18. The summed E-state index contributed by atoms with van der Waals surface area (Å²) in [5.41, 5.74) is 0.222. The zero-order valence-corrected chi connectivity index (χ0v) is 13.7. The molecule has 2 aliphatic rings. The summed E-state index contributed by atoms with van der Waals surface area (Å²) in [5, 5.41) is 7.25. The zero-order valence-electron chi connectivity index (χ0n) is 13.0. The topological polar surface area (TPSA) is 65.4 Å². The van der Waals surface area contributed by atoms with E-state index in [4.69, 9.17) is 21.1 Å². The van der Waals surface area contributed by atoms with Gasteiger partial charge in [0.05, 0.1) is 18.5 Å². The van der Waals surface area contributed by atoms with E-state index in [0.717, 1.165) is 31.6 Å². The van der Waals surface area contributed by atoms with Crippen molar-refractivity contribution in [1.82, 2.24) is 9.78 Å². The van der Waals surface area contributed by atoms with Crippen molar-refractivity contribution in [3.63, 3.8) is 0 Å². The molecular formula is C15H22ClN3O3. The van der Waals surface area contributed by atoms with Crippen LogP contribution in [0.3, 0.4) is 0 Å². The minimum absolute atomic E-state index is 0.0338. The van der Waals surface area contributed by atoms with Crippen molar-refractivity contribution in [3.05, 3.63) is 21.6 Å². The summed E-state index contributed by atoms with van der Waals surface area (Å²) >= 11 is 6.03. The van der Waals surface area contributed by atoms with Crippen LogP contribution in [0.2, 0.25) is 5.02 Å². The Labute approximate surface area is 134 Å². The normalized spacial score (nSPS) is 31.6. The van der Waals surface area contributed by atoms with Crippen molar-refractivity contribution in [3.8, 4) is 0 Å². The Bertz CT molecular complexity index is 596. The van der Waals surface area contributed by atoms with Crippen molar-refractivity contribution in [2.45, 2.75) is 44.5 Å². The van der Waals surface area contributed by atoms with E-state index in [-0.39, 0.29) is 16.7 Å². The molecule has 122 valence electrons. The van der Waals surface area contributed by atoms with Gasteiger partial charge in [-0.3, -0.25) is 4.79 Å². The highest BCUT2D eigenvalue weighted by atomic mass is 35.5. The van der Waals surface area contributed by atoms with E-state index in [1.54, 1.807) is 13.2 Å². The van der Waals surface area contributed by atoms with Crippen LogP contribution in [0, 0.1) is 5.92 Å². The first-order valence-corrected chi connectivity index (χ1v) is 8.14. The average molecular weight is 328 g/mol. The molecule has 0 radical (unpaired) electrons. The predicted octanol–water partition coefficient (Wildman–Crippen LogP) is 2.17. The van der Waals surface area contributed by atoms with Gasteiger partial charge >= 0.3 is 0 Å². The Morgan fingerprint density at radius 2 is 2.23 bits per heavy atom. The van der Waals surface area contributed by atoms with Gasteiger partial charge in [-0.25, -0.2) is 4.68 Å². The van der Waals surface area contributed by atoms with Gasteiger partial charge in [-0.1, -0.05) is 18.5 Å². The van der Waals surface area contributed by atoms with E-state index in [1.165, 1.54) is 4.68 Å². The van der Waals surface area contributed by atoms with Crippen LogP contribution in [-0.2, 0) is 16.5 Å². The summed E-state index contributed by atoms with van der Waals surface area (Å²) in [7, 11) is 1.57. The van der Waals surface area contributed by atoms with E-state index in [2.05, 4.69) is 17.3 Å². The second-order valence-electron chi connectivity index (χ2n) is 6.33. The first-order chi connectivity index (χ1) is 10.5. The molecule has 0 bridgehead atoms. The fraction of sp³-hybridized carbons (Fsp3) is 0.733. The zero-order chi connectivity index (χ0) is 15.7. The highest BCUT2D eigenvalue weighted by Crippen LogP contribution is 2.39. The number of halogens is 1. The fourth-order valence-corrected chi connectivity index (χ4v) is 3.28. The first-order valence-electron chi connectivity index (χ1n) is 7.76. The molecular weight excluding hydrogens is 306 g/mol. The number of aryl methyl sites for hydroxylation is 1. The Kier molecular flexibility index (Phi) is 4.43. The molecule has 1 atom stereocenters. The summed E-state index contributed by atoms with van der Waals surface area (Å²) in [4.78, 5) is 11.7. The maximum Gasteiger partial charge on any atom is 0.287 e. The summed E-state index contributed by atoms with van der Waals surface area (Å²) in [5.74, 6) is 0.355. The Morgan fingerprint density at radius 1 is 1.50 bits per heavy atom. The molecule has 1 aliphatic heterocycles. The summed E-state index contributed by atoms with van der Waals surface area (Å²) < 4.78 is 13.3. The van der Waals surface area contributed by atoms with E-state index in [9.17, 15) is 4.79 Å². The number of ether oxygens (including phenoxy) is 2. The van der Waals surface area contributed by atoms with Crippen LogP contribution in [0.25, 0.3) is 0 Å². The summed E-state index contributed by atoms with van der Waals surface area (Å²) in [6.07, 6.45) is 5.72. The molecule has 0 aromatic carbocycles. The number of hydrogen-bond donors (Lipinski definition) is 1. The van der Waals surface area contributed by atoms with Gasteiger partial charge in [0, 0.05) is 26.4 Å². The highest BCUT2D eigenvalue weighted by molar-refractivity contribution is 6.32. The third-order valence-corrected chi connectivity index (χ3v) is 4.91. The lowest BCUT2D eigenvalue weighted by atomic mass is 9.86. The maximum absolute atomic E-state index is 11.7. The monoisotopic (exact) mass is 327 g/mol. The van der Waals surface area contributed by atoms with Gasteiger partial charge in [0.1, 0.15) is 11.1 Å². The molecule has 6 nitrogen and oxygen atoms in total. The fourth-order valence-electron chi connectivity index (χ4n) is 3.04. The summed E-state index contributed by atoms with van der Waals surface area (Å²) in [6.45, 7) is 3.38. The van der Waals surface area contributed by atoms with Crippen LogP contribution < -0.4 is 10.9 Å². The van der Waals surface area contributed by atoms with Gasteiger partial charge in [0.25, 0.3) is 5.56 Å².